The molecule has 10 heteroatoms. The van der Waals surface area contributed by atoms with Crippen molar-refractivity contribution in [3.8, 4) is 0 Å². The molecule has 1 aromatic carbocycles. The van der Waals surface area contributed by atoms with Crippen molar-refractivity contribution in [1.29, 1.82) is 0 Å². The zero-order chi connectivity index (χ0) is 22.1. The normalized spacial score (nSPS) is 16.4. The summed E-state index contributed by atoms with van der Waals surface area (Å²) in [6, 6.07) is 5.85. The third-order valence-corrected chi connectivity index (χ3v) is 5.25. The van der Waals surface area contributed by atoms with Gasteiger partial charge in [0.2, 0.25) is 5.91 Å². The number of carbonyl (C=O) groups excluding carboxylic acids is 1. The van der Waals surface area contributed by atoms with Crippen LogP contribution in [0, 0.1) is 23.0 Å². The van der Waals surface area contributed by atoms with Crippen molar-refractivity contribution in [2.24, 2.45) is 5.92 Å². The average Bonchev–Trinajstić information content (AvgIpc) is 3.13. The number of aryl methyl sites for hydroxylation is 1. The van der Waals surface area contributed by atoms with Gasteiger partial charge < -0.3 is 14.6 Å². The molecule has 2 heterocycles. The Balaban J connectivity index is 1.65. The lowest BCUT2D eigenvalue weighted by Gasteiger charge is -2.33. The van der Waals surface area contributed by atoms with Crippen LogP contribution in [-0.2, 0) is 11.0 Å². The van der Waals surface area contributed by atoms with E-state index >= 15 is 0 Å². The molecule has 0 saturated carbocycles. The van der Waals surface area contributed by atoms with Crippen molar-refractivity contribution in [3.05, 3.63) is 57.5 Å². The van der Waals surface area contributed by atoms with Crippen LogP contribution in [0.15, 0.2) is 34.7 Å². The summed E-state index contributed by atoms with van der Waals surface area (Å²) in [6.07, 6.45) is -3.78. The Morgan fingerprint density at radius 1 is 1.27 bits per heavy atom. The minimum absolute atomic E-state index is 0.131. The van der Waals surface area contributed by atoms with Crippen LogP contribution in [0.25, 0.3) is 0 Å². The zero-order valence-electron chi connectivity index (χ0n) is 16.5. The maximum Gasteiger partial charge on any atom is 0.416 e. The molecular weight excluding hydrogens is 403 g/mol. The van der Waals surface area contributed by atoms with E-state index in [-0.39, 0.29) is 23.6 Å². The number of rotatable bonds is 5. The summed E-state index contributed by atoms with van der Waals surface area (Å²) in [4.78, 5) is 24.7. The second kappa shape index (κ2) is 8.37. The van der Waals surface area contributed by atoms with E-state index in [1.54, 1.807) is 11.0 Å². The maximum atomic E-state index is 12.9. The first kappa shape index (κ1) is 21.7. The number of nitrogens with one attached hydrogen (secondary N) is 1. The summed E-state index contributed by atoms with van der Waals surface area (Å²) in [7, 11) is 0. The number of nitrogens with zero attached hydrogens (tertiary/aromatic N) is 2. The highest BCUT2D eigenvalue weighted by Crippen LogP contribution is 2.37. The molecular formula is C20H22F3N3O4. The maximum absolute atomic E-state index is 12.9. The molecule has 1 aliphatic heterocycles. The highest BCUT2D eigenvalue weighted by Gasteiger charge is 2.35. The van der Waals surface area contributed by atoms with Crippen molar-refractivity contribution in [3.63, 3.8) is 0 Å². The summed E-state index contributed by atoms with van der Waals surface area (Å²) in [5.41, 5.74) is -1.52. The molecule has 7 nitrogen and oxygen atoms in total. The molecule has 1 atom stereocenters. The van der Waals surface area contributed by atoms with Gasteiger partial charge in [-0.3, -0.25) is 14.9 Å². The first-order valence-electron chi connectivity index (χ1n) is 9.53. The fourth-order valence-corrected chi connectivity index (χ4v) is 3.58. The standard InChI is InChI=1S/C20H22F3N3O4/c1-12-3-6-18(30-12)13(2)24-19(27)14-7-9-25(10-8-14)16-5-4-15(20(21,22)23)11-17(16)26(28)29/h3-6,11,13-14H,7-10H2,1-2H3,(H,24,27). The lowest BCUT2D eigenvalue weighted by molar-refractivity contribution is -0.384. The molecule has 1 saturated heterocycles. The molecule has 3 rings (SSSR count). The van der Waals surface area contributed by atoms with E-state index in [2.05, 4.69) is 5.32 Å². The topological polar surface area (TPSA) is 88.6 Å². The second-order valence-electron chi connectivity index (χ2n) is 7.40. The number of nitro groups is 1. The molecule has 0 radical (unpaired) electrons. The predicted octanol–water partition coefficient (Wildman–Crippen LogP) is 4.61. The summed E-state index contributed by atoms with van der Waals surface area (Å²) in [5.74, 6) is 0.975. The van der Waals surface area contributed by atoms with Crippen LogP contribution >= 0.6 is 0 Å². The number of halogens is 3. The van der Waals surface area contributed by atoms with Crippen LogP contribution in [0.5, 0.6) is 0 Å². The monoisotopic (exact) mass is 425 g/mol. The number of nitro benzene ring substituents is 1. The highest BCUT2D eigenvalue weighted by atomic mass is 19.4. The van der Waals surface area contributed by atoms with E-state index in [1.165, 1.54) is 0 Å². The molecule has 30 heavy (non-hydrogen) atoms. The smallest absolute Gasteiger partial charge is 0.416 e. The van der Waals surface area contributed by atoms with E-state index in [9.17, 15) is 28.1 Å². The van der Waals surface area contributed by atoms with Crippen LogP contribution in [0.1, 0.15) is 42.9 Å². The SMILES string of the molecule is Cc1ccc(C(C)NC(=O)C2CCN(c3ccc(C(F)(F)F)cc3[N+](=O)[O-])CC2)o1. The number of hydrogen-bond acceptors (Lipinski definition) is 5. The minimum atomic E-state index is -4.66. The van der Waals surface area contributed by atoms with Crippen LogP contribution in [0.2, 0.25) is 0 Å². The van der Waals surface area contributed by atoms with E-state index in [0.29, 0.717) is 37.8 Å². The van der Waals surface area contributed by atoms with Crippen LogP contribution < -0.4 is 10.2 Å². The fraction of sp³-hybridized carbons (Fsp3) is 0.450. The molecule has 0 aliphatic carbocycles. The van der Waals surface area contributed by atoms with Gasteiger partial charge in [0.25, 0.3) is 5.69 Å². The van der Waals surface area contributed by atoms with Gasteiger partial charge >= 0.3 is 6.18 Å². The number of amides is 1. The van der Waals surface area contributed by atoms with Gasteiger partial charge in [0, 0.05) is 25.1 Å². The fourth-order valence-electron chi connectivity index (χ4n) is 3.58. The largest absolute Gasteiger partial charge is 0.464 e. The van der Waals surface area contributed by atoms with Crippen LogP contribution in [0.3, 0.4) is 0 Å². The Hall–Kier alpha value is -3.04. The van der Waals surface area contributed by atoms with Crippen molar-refractivity contribution >= 4 is 17.3 Å². The van der Waals surface area contributed by atoms with Gasteiger partial charge in [0.1, 0.15) is 17.2 Å². The Morgan fingerprint density at radius 2 is 1.93 bits per heavy atom. The molecule has 1 fully saturated rings. The van der Waals surface area contributed by atoms with Gasteiger partial charge in [0.05, 0.1) is 16.5 Å². The number of benzene rings is 1. The third-order valence-electron chi connectivity index (χ3n) is 5.25. The molecule has 2 aromatic rings. The lowest BCUT2D eigenvalue weighted by Crippen LogP contribution is -2.41. The van der Waals surface area contributed by atoms with E-state index in [0.717, 1.165) is 17.9 Å². The average molecular weight is 425 g/mol. The van der Waals surface area contributed by atoms with E-state index in [1.807, 2.05) is 19.9 Å². The van der Waals surface area contributed by atoms with Crippen molar-refractivity contribution in [1.82, 2.24) is 5.32 Å². The summed E-state index contributed by atoms with van der Waals surface area (Å²) in [5, 5.41) is 14.2. The number of furan rings is 1. The van der Waals surface area contributed by atoms with Crippen molar-refractivity contribution in [2.75, 3.05) is 18.0 Å². The van der Waals surface area contributed by atoms with Crippen LogP contribution in [0.4, 0.5) is 24.5 Å². The van der Waals surface area contributed by atoms with Crippen molar-refractivity contribution in [2.45, 2.75) is 38.9 Å². The number of piperidine rings is 1. The number of hydrogen-bond donors (Lipinski definition) is 1. The Labute approximate surface area is 171 Å². The molecule has 1 amide bonds. The third kappa shape index (κ3) is 4.74. The second-order valence-corrected chi connectivity index (χ2v) is 7.40. The van der Waals surface area contributed by atoms with Gasteiger partial charge in [-0.2, -0.15) is 13.2 Å². The Kier molecular flexibility index (Phi) is 6.04. The van der Waals surface area contributed by atoms with Crippen LogP contribution in [-0.4, -0.2) is 23.9 Å². The molecule has 1 unspecified atom stereocenters. The van der Waals surface area contributed by atoms with Gasteiger partial charge in [-0.1, -0.05) is 0 Å². The summed E-state index contributed by atoms with van der Waals surface area (Å²) >= 11 is 0. The Bertz CT molecular complexity index is 934. The zero-order valence-corrected chi connectivity index (χ0v) is 16.5. The van der Waals surface area contributed by atoms with Gasteiger partial charge in [0.15, 0.2) is 0 Å². The van der Waals surface area contributed by atoms with Gasteiger partial charge in [-0.05, 0) is 51.0 Å². The van der Waals surface area contributed by atoms with Gasteiger partial charge in [-0.25, -0.2) is 0 Å². The molecule has 162 valence electrons. The van der Waals surface area contributed by atoms with E-state index in [4.69, 9.17) is 4.42 Å². The quantitative estimate of drug-likeness (QED) is 0.558. The number of alkyl halides is 3. The summed E-state index contributed by atoms with van der Waals surface area (Å²) in [6.45, 7) is 4.29. The summed E-state index contributed by atoms with van der Waals surface area (Å²) < 4.78 is 44.2. The highest BCUT2D eigenvalue weighted by molar-refractivity contribution is 5.79. The lowest BCUT2D eigenvalue weighted by atomic mass is 9.95. The number of carbonyl (C=O) groups is 1. The molecule has 0 bridgehead atoms. The molecule has 1 aliphatic rings. The molecule has 1 aromatic heterocycles. The number of anilines is 1. The minimum Gasteiger partial charge on any atom is -0.464 e. The Morgan fingerprint density at radius 3 is 2.47 bits per heavy atom. The first-order chi connectivity index (χ1) is 14.1. The van der Waals surface area contributed by atoms with E-state index < -0.39 is 22.4 Å². The van der Waals surface area contributed by atoms with Crippen molar-refractivity contribution < 1.29 is 27.3 Å². The molecule has 0 spiro atoms. The first-order valence-corrected chi connectivity index (χ1v) is 9.53. The molecule has 1 N–H and O–H groups in total. The van der Waals surface area contributed by atoms with Gasteiger partial charge in [-0.15, -0.1) is 0 Å². The predicted molar refractivity (Wildman–Crippen MR) is 103 cm³/mol.